The molecule has 2 saturated heterocycles. The maximum Gasteiger partial charge on any atom is 0.325 e. The Morgan fingerprint density at radius 3 is 2.95 bits per heavy atom. The lowest BCUT2D eigenvalue weighted by Crippen LogP contribution is -2.44. The van der Waals surface area contributed by atoms with Crippen molar-refractivity contribution in [3.63, 3.8) is 0 Å². The zero-order valence-electron chi connectivity index (χ0n) is 22.8. The summed E-state index contributed by atoms with van der Waals surface area (Å²) in [5, 5.41) is 13.6. The van der Waals surface area contributed by atoms with E-state index in [9.17, 15) is 14.3 Å². The van der Waals surface area contributed by atoms with Crippen LogP contribution in [0.4, 0.5) is 10.2 Å². The third-order valence-corrected chi connectivity index (χ3v) is 9.25. The fraction of sp³-hybridized carbons (Fsp3) is 0.600. The number of hydrogen-bond donors (Lipinski definition) is 2. The molecule has 1 aromatic heterocycles. The number of ether oxygens (including phenoxy) is 2. The first-order valence-corrected chi connectivity index (χ1v) is 14.9. The molecule has 0 aliphatic carbocycles. The Kier molecular flexibility index (Phi) is 9.05. The summed E-state index contributed by atoms with van der Waals surface area (Å²) < 4.78 is 25.6. The van der Waals surface area contributed by atoms with Crippen LogP contribution in [0.25, 0.3) is 0 Å². The van der Waals surface area contributed by atoms with Crippen LogP contribution in [0.2, 0.25) is 0 Å². The number of aliphatic carboxylic acids is 1. The third-order valence-electron chi connectivity index (χ3n) is 8.38. The molecule has 4 atom stereocenters. The number of aryl methyl sites for hydroxylation is 2. The number of unbranched alkanes of at least 4 members (excludes halogenated alkanes) is 1. The van der Waals surface area contributed by atoms with E-state index in [0.29, 0.717) is 55.8 Å². The number of nitrogens with one attached hydrogen (secondary N) is 1. The molecule has 0 amide bonds. The summed E-state index contributed by atoms with van der Waals surface area (Å²) in [5.41, 5.74) is 3.16. The van der Waals surface area contributed by atoms with E-state index in [1.807, 2.05) is 4.90 Å². The molecule has 212 valence electrons. The van der Waals surface area contributed by atoms with Crippen LogP contribution in [0, 0.1) is 17.2 Å². The quantitative estimate of drug-likeness (QED) is 0.278. The smallest absolute Gasteiger partial charge is 0.325 e. The van der Waals surface area contributed by atoms with Gasteiger partial charge in [-0.3, -0.25) is 9.69 Å². The fourth-order valence-electron chi connectivity index (χ4n) is 5.97. The summed E-state index contributed by atoms with van der Waals surface area (Å²) >= 11 is 0. The lowest BCUT2D eigenvalue weighted by Gasteiger charge is -2.38. The predicted octanol–water partition coefficient (Wildman–Crippen LogP) is 5.10. The first-order valence-electron chi connectivity index (χ1n) is 14.3. The van der Waals surface area contributed by atoms with Crippen molar-refractivity contribution in [1.82, 2.24) is 9.88 Å². The van der Waals surface area contributed by atoms with Crippen molar-refractivity contribution < 1.29 is 23.8 Å². The van der Waals surface area contributed by atoms with E-state index in [2.05, 4.69) is 33.6 Å². The van der Waals surface area contributed by atoms with Crippen LogP contribution >= 0.6 is 9.24 Å². The zero-order chi connectivity index (χ0) is 27.4. The number of fused-ring (bicyclic) bond motifs is 1. The number of pyridine rings is 1. The number of likely N-dealkylation sites (tertiary alicyclic amines) is 1. The van der Waals surface area contributed by atoms with Crippen LogP contribution in [0.15, 0.2) is 30.3 Å². The maximum atomic E-state index is 14.3. The van der Waals surface area contributed by atoms with Crippen LogP contribution < -0.4 is 10.1 Å². The summed E-state index contributed by atoms with van der Waals surface area (Å²) in [5.74, 6) is 0.447. The van der Waals surface area contributed by atoms with E-state index >= 15 is 0 Å². The van der Waals surface area contributed by atoms with E-state index < -0.39 is 17.8 Å². The van der Waals surface area contributed by atoms with Gasteiger partial charge in [0.05, 0.1) is 19.8 Å². The molecule has 3 aliphatic heterocycles. The van der Waals surface area contributed by atoms with Gasteiger partial charge in [0.15, 0.2) is 0 Å². The lowest BCUT2D eigenvalue weighted by atomic mass is 9.90. The van der Waals surface area contributed by atoms with Gasteiger partial charge in [-0.15, -0.1) is 9.24 Å². The Balaban J connectivity index is 1.15. The molecule has 39 heavy (non-hydrogen) atoms. The average Bonchev–Trinajstić information content (AvgIpc) is 3.39. The second-order valence-electron chi connectivity index (χ2n) is 11.8. The summed E-state index contributed by atoms with van der Waals surface area (Å²) in [7, 11) is 3.00. The maximum absolute atomic E-state index is 14.3. The number of aromatic nitrogens is 1. The minimum atomic E-state index is -0.975. The minimum absolute atomic E-state index is 0.0946. The molecule has 4 heterocycles. The highest BCUT2D eigenvalue weighted by atomic mass is 31.0. The molecular weight excluding hydrogens is 516 g/mol. The van der Waals surface area contributed by atoms with Crippen molar-refractivity contribution in [3.8, 4) is 5.75 Å². The largest absolute Gasteiger partial charge is 0.492 e. The zero-order valence-corrected chi connectivity index (χ0v) is 24.0. The fourth-order valence-corrected chi connectivity index (χ4v) is 6.52. The number of halogens is 1. The van der Waals surface area contributed by atoms with E-state index in [0.717, 1.165) is 56.6 Å². The SMILES string of the molecule is CC1(COc2ccc(F)cc2[C@H](C(=O)O)N2CCC(C(P)CCCCc3ccc4c(n3)NCCC4)C2)COC1. The standard InChI is InChI=1S/C30H41FN3O4P/c1-30(17-37-18-30)19-38-25-11-9-22(31)15-24(25)27(29(35)36)34-14-12-21(16-34)26(39)7-3-2-6-23-10-8-20-5-4-13-32-28(20)33-23/h8-11,15,21,26-27H,2-7,12-14,16-19,39H2,1H3,(H,32,33)(H,35,36)/t21?,26?,27-/m1/s1. The van der Waals surface area contributed by atoms with Gasteiger partial charge >= 0.3 is 5.97 Å². The van der Waals surface area contributed by atoms with Crippen LogP contribution in [0.5, 0.6) is 5.75 Å². The second-order valence-corrected chi connectivity index (χ2v) is 12.7. The van der Waals surface area contributed by atoms with Gasteiger partial charge < -0.3 is 19.9 Å². The molecule has 0 saturated carbocycles. The number of carbonyl (C=O) groups is 1. The van der Waals surface area contributed by atoms with Crippen molar-refractivity contribution in [2.45, 2.75) is 63.6 Å². The van der Waals surface area contributed by atoms with Crippen molar-refractivity contribution >= 4 is 21.0 Å². The number of anilines is 1. The molecule has 0 spiro atoms. The van der Waals surface area contributed by atoms with Gasteiger partial charge in [-0.1, -0.05) is 19.4 Å². The normalized spacial score (nSPS) is 21.9. The third kappa shape index (κ3) is 6.90. The van der Waals surface area contributed by atoms with Crippen molar-refractivity contribution in [1.29, 1.82) is 0 Å². The van der Waals surface area contributed by atoms with Crippen molar-refractivity contribution in [3.05, 3.63) is 53.0 Å². The van der Waals surface area contributed by atoms with Crippen molar-refractivity contribution in [2.24, 2.45) is 11.3 Å². The monoisotopic (exact) mass is 557 g/mol. The number of nitrogens with zero attached hydrogens (tertiary/aromatic N) is 2. The highest BCUT2D eigenvalue weighted by Gasteiger charge is 2.38. The number of carboxylic acids is 1. The number of hydrogen-bond acceptors (Lipinski definition) is 6. The van der Waals surface area contributed by atoms with Gasteiger partial charge in [-0.25, -0.2) is 9.37 Å². The molecular formula is C30H41FN3O4P. The molecule has 2 fully saturated rings. The van der Waals surface area contributed by atoms with Gasteiger partial charge in [0.25, 0.3) is 0 Å². The van der Waals surface area contributed by atoms with Gasteiger partial charge in [0.1, 0.15) is 23.4 Å². The summed E-state index contributed by atoms with van der Waals surface area (Å²) in [6.07, 6.45) is 7.42. The minimum Gasteiger partial charge on any atom is -0.492 e. The van der Waals surface area contributed by atoms with Gasteiger partial charge in [-0.2, -0.15) is 0 Å². The van der Waals surface area contributed by atoms with Crippen LogP contribution in [-0.4, -0.2) is 66.1 Å². The lowest BCUT2D eigenvalue weighted by molar-refractivity contribution is -0.143. The Morgan fingerprint density at radius 1 is 1.33 bits per heavy atom. The van der Waals surface area contributed by atoms with Crippen LogP contribution in [0.3, 0.4) is 0 Å². The number of carboxylic acid groups (broad SMARTS) is 1. The summed E-state index contributed by atoms with van der Waals surface area (Å²) in [6.45, 7) is 6.03. The Bertz CT molecular complexity index is 1160. The van der Waals surface area contributed by atoms with Crippen LogP contribution in [-0.2, 0) is 22.4 Å². The number of rotatable bonds is 12. The molecule has 2 N–H and O–H groups in total. The average molecular weight is 558 g/mol. The Hall–Kier alpha value is -2.28. The highest BCUT2D eigenvalue weighted by molar-refractivity contribution is 7.17. The topological polar surface area (TPSA) is 83.9 Å². The first-order chi connectivity index (χ1) is 18.8. The van der Waals surface area contributed by atoms with Crippen molar-refractivity contribution in [2.75, 3.05) is 44.8 Å². The van der Waals surface area contributed by atoms with Crippen LogP contribution in [0.1, 0.15) is 61.9 Å². The molecule has 1 aromatic carbocycles. The van der Waals surface area contributed by atoms with E-state index in [1.54, 1.807) is 6.07 Å². The van der Waals surface area contributed by atoms with Gasteiger partial charge in [-0.05, 0) is 86.5 Å². The highest BCUT2D eigenvalue weighted by Crippen LogP contribution is 2.38. The number of benzene rings is 1. The predicted molar refractivity (Wildman–Crippen MR) is 153 cm³/mol. The molecule has 9 heteroatoms. The Morgan fingerprint density at radius 2 is 2.18 bits per heavy atom. The molecule has 5 rings (SSSR count). The summed E-state index contributed by atoms with van der Waals surface area (Å²) in [6, 6.07) is 7.65. The second kappa shape index (κ2) is 12.5. The first kappa shape index (κ1) is 28.3. The van der Waals surface area contributed by atoms with E-state index in [1.165, 1.54) is 24.1 Å². The van der Waals surface area contributed by atoms with E-state index in [-0.39, 0.29) is 5.41 Å². The molecule has 2 aromatic rings. The molecule has 0 radical (unpaired) electrons. The van der Waals surface area contributed by atoms with Gasteiger partial charge in [0, 0.05) is 29.8 Å². The van der Waals surface area contributed by atoms with E-state index in [4.69, 9.17) is 14.5 Å². The molecule has 0 bridgehead atoms. The Labute approximate surface area is 233 Å². The summed E-state index contributed by atoms with van der Waals surface area (Å²) in [4.78, 5) is 19.3. The molecule has 3 unspecified atom stereocenters. The molecule has 7 nitrogen and oxygen atoms in total. The molecule has 3 aliphatic rings. The van der Waals surface area contributed by atoms with Gasteiger partial charge in [0.2, 0.25) is 0 Å².